The van der Waals surface area contributed by atoms with E-state index in [1.807, 2.05) is 11.8 Å². The van der Waals surface area contributed by atoms with Crippen molar-refractivity contribution >= 4 is 27.7 Å². The van der Waals surface area contributed by atoms with E-state index in [9.17, 15) is 0 Å². The van der Waals surface area contributed by atoms with Gasteiger partial charge in [-0.1, -0.05) is 15.9 Å². The molecule has 11 heavy (non-hydrogen) atoms. The van der Waals surface area contributed by atoms with Crippen LogP contribution in [0.3, 0.4) is 0 Å². The van der Waals surface area contributed by atoms with Crippen LogP contribution in [-0.2, 0) is 0 Å². The molecule has 0 saturated heterocycles. The van der Waals surface area contributed by atoms with Gasteiger partial charge in [0.2, 0.25) is 0 Å². The average molecular weight is 230 g/mol. The van der Waals surface area contributed by atoms with E-state index in [-0.39, 0.29) is 6.04 Å². The molecule has 0 aliphatic carbocycles. The van der Waals surface area contributed by atoms with Gasteiger partial charge in [-0.05, 0) is 23.8 Å². The molecule has 0 fully saturated rings. The molecule has 0 aromatic heterocycles. The van der Waals surface area contributed by atoms with Crippen LogP contribution in [0, 0.1) is 0 Å². The predicted molar refractivity (Wildman–Crippen MR) is 51.8 cm³/mol. The average Bonchev–Trinajstić information content (AvgIpc) is 2.33. The van der Waals surface area contributed by atoms with Gasteiger partial charge in [-0.3, -0.25) is 0 Å². The van der Waals surface area contributed by atoms with Crippen LogP contribution in [0.15, 0.2) is 27.6 Å². The van der Waals surface area contributed by atoms with Gasteiger partial charge in [0.15, 0.2) is 0 Å². The zero-order valence-corrected chi connectivity index (χ0v) is 8.28. The summed E-state index contributed by atoms with van der Waals surface area (Å²) < 4.78 is 1.12. The Kier molecular flexibility index (Phi) is 1.95. The molecule has 1 atom stereocenters. The number of thioether (sulfide) groups is 1. The lowest BCUT2D eigenvalue weighted by Crippen LogP contribution is -2.08. The van der Waals surface area contributed by atoms with Crippen LogP contribution >= 0.6 is 27.7 Å². The third-order valence-electron chi connectivity index (χ3n) is 1.79. The van der Waals surface area contributed by atoms with Crippen molar-refractivity contribution in [3.8, 4) is 0 Å². The molecule has 0 bridgehead atoms. The Balaban J connectivity index is 2.52. The molecule has 1 unspecified atom stereocenters. The van der Waals surface area contributed by atoms with Gasteiger partial charge in [0.05, 0.1) is 0 Å². The molecule has 0 radical (unpaired) electrons. The van der Waals surface area contributed by atoms with Crippen LogP contribution in [0.2, 0.25) is 0 Å². The summed E-state index contributed by atoms with van der Waals surface area (Å²) in [4.78, 5) is 1.33. The van der Waals surface area contributed by atoms with Gasteiger partial charge in [-0.2, -0.15) is 0 Å². The smallest absolute Gasteiger partial charge is 0.0401 e. The minimum absolute atomic E-state index is 0.229. The van der Waals surface area contributed by atoms with Gasteiger partial charge < -0.3 is 5.73 Å². The summed E-state index contributed by atoms with van der Waals surface area (Å²) in [5.74, 6) is 1.02. The fourth-order valence-electron chi connectivity index (χ4n) is 1.21. The Hall–Kier alpha value is 0.01000. The summed E-state index contributed by atoms with van der Waals surface area (Å²) in [6, 6.07) is 6.52. The van der Waals surface area contributed by atoms with Crippen molar-refractivity contribution < 1.29 is 0 Å². The second-order valence-electron chi connectivity index (χ2n) is 2.60. The maximum atomic E-state index is 5.87. The zero-order valence-electron chi connectivity index (χ0n) is 5.88. The van der Waals surface area contributed by atoms with E-state index in [0.717, 1.165) is 10.2 Å². The summed E-state index contributed by atoms with van der Waals surface area (Å²) in [6.45, 7) is 0. The van der Waals surface area contributed by atoms with E-state index in [2.05, 4.69) is 34.1 Å². The number of fused-ring (bicyclic) bond motifs is 1. The summed E-state index contributed by atoms with van der Waals surface area (Å²) in [5, 5.41) is 0. The molecule has 0 spiro atoms. The molecular weight excluding hydrogens is 222 g/mol. The SMILES string of the molecule is NC1CSc2ccc(Br)cc21. The highest BCUT2D eigenvalue weighted by Gasteiger charge is 2.18. The molecule has 1 nitrogen and oxygen atoms in total. The van der Waals surface area contributed by atoms with Crippen molar-refractivity contribution in [3.05, 3.63) is 28.2 Å². The van der Waals surface area contributed by atoms with E-state index in [4.69, 9.17) is 5.73 Å². The Morgan fingerprint density at radius 2 is 2.36 bits per heavy atom. The zero-order chi connectivity index (χ0) is 7.84. The van der Waals surface area contributed by atoms with Crippen molar-refractivity contribution in [2.75, 3.05) is 5.75 Å². The van der Waals surface area contributed by atoms with Crippen molar-refractivity contribution in [3.63, 3.8) is 0 Å². The Morgan fingerprint density at radius 1 is 1.55 bits per heavy atom. The molecule has 1 aliphatic rings. The van der Waals surface area contributed by atoms with Crippen LogP contribution < -0.4 is 5.73 Å². The van der Waals surface area contributed by atoms with Crippen LogP contribution in [-0.4, -0.2) is 5.75 Å². The van der Waals surface area contributed by atoms with E-state index in [1.165, 1.54) is 10.5 Å². The molecule has 2 rings (SSSR count). The molecule has 1 heterocycles. The molecule has 1 aliphatic heterocycles. The normalized spacial score (nSPS) is 21.8. The summed E-state index contributed by atoms with van der Waals surface area (Å²) in [7, 11) is 0. The third-order valence-corrected chi connectivity index (χ3v) is 3.49. The third kappa shape index (κ3) is 1.33. The lowest BCUT2D eigenvalue weighted by Gasteiger charge is -2.02. The number of nitrogens with two attached hydrogens (primary N) is 1. The second kappa shape index (κ2) is 2.81. The highest BCUT2D eigenvalue weighted by molar-refractivity contribution is 9.10. The highest BCUT2D eigenvalue weighted by Crippen LogP contribution is 2.37. The van der Waals surface area contributed by atoms with Gasteiger partial charge in [-0.15, -0.1) is 11.8 Å². The van der Waals surface area contributed by atoms with Crippen LogP contribution in [0.5, 0.6) is 0 Å². The lowest BCUT2D eigenvalue weighted by molar-refractivity contribution is 0.832. The number of benzene rings is 1. The van der Waals surface area contributed by atoms with Crippen molar-refractivity contribution in [1.29, 1.82) is 0 Å². The Morgan fingerprint density at radius 3 is 3.18 bits per heavy atom. The fourth-order valence-corrected chi connectivity index (χ4v) is 2.67. The molecule has 58 valence electrons. The second-order valence-corrected chi connectivity index (χ2v) is 4.58. The molecule has 1 aromatic rings. The van der Waals surface area contributed by atoms with Gasteiger partial charge in [-0.25, -0.2) is 0 Å². The first-order valence-electron chi connectivity index (χ1n) is 3.45. The lowest BCUT2D eigenvalue weighted by atomic mass is 10.1. The molecule has 0 amide bonds. The Bertz CT molecular complexity index is 287. The number of rotatable bonds is 0. The minimum atomic E-state index is 0.229. The molecule has 2 N–H and O–H groups in total. The first-order valence-corrected chi connectivity index (χ1v) is 5.23. The monoisotopic (exact) mass is 229 g/mol. The van der Waals surface area contributed by atoms with Gasteiger partial charge >= 0.3 is 0 Å². The van der Waals surface area contributed by atoms with Crippen molar-refractivity contribution in [2.24, 2.45) is 5.73 Å². The standard InChI is InChI=1S/C8H8BrNS/c9-5-1-2-8-6(3-5)7(10)4-11-8/h1-3,7H,4,10H2. The van der Waals surface area contributed by atoms with E-state index in [0.29, 0.717) is 0 Å². The van der Waals surface area contributed by atoms with E-state index >= 15 is 0 Å². The summed E-state index contributed by atoms with van der Waals surface area (Å²) >= 11 is 5.27. The van der Waals surface area contributed by atoms with Crippen molar-refractivity contribution in [2.45, 2.75) is 10.9 Å². The molecule has 1 aromatic carbocycles. The molecule has 3 heteroatoms. The maximum absolute atomic E-state index is 5.87. The number of halogens is 1. The summed E-state index contributed by atoms with van der Waals surface area (Å²) in [6.07, 6.45) is 0. The first-order chi connectivity index (χ1) is 5.27. The highest BCUT2D eigenvalue weighted by atomic mass is 79.9. The number of hydrogen-bond acceptors (Lipinski definition) is 2. The van der Waals surface area contributed by atoms with Crippen LogP contribution in [0.25, 0.3) is 0 Å². The minimum Gasteiger partial charge on any atom is -0.323 e. The summed E-state index contributed by atoms with van der Waals surface area (Å²) in [5.41, 5.74) is 7.16. The number of hydrogen-bond donors (Lipinski definition) is 1. The largest absolute Gasteiger partial charge is 0.323 e. The predicted octanol–water partition coefficient (Wildman–Crippen LogP) is 2.55. The van der Waals surface area contributed by atoms with Gasteiger partial charge in [0, 0.05) is 21.2 Å². The van der Waals surface area contributed by atoms with E-state index < -0.39 is 0 Å². The Labute approximate surface area is 78.5 Å². The topological polar surface area (TPSA) is 26.0 Å². The molecular formula is C8H8BrNS. The quantitative estimate of drug-likeness (QED) is 0.741. The van der Waals surface area contributed by atoms with E-state index in [1.54, 1.807) is 0 Å². The molecule has 0 saturated carbocycles. The maximum Gasteiger partial charge on any atom is 0.0401 e. The first kappa shape index (κ1) is 7.65. The fraction of sp³-hybridized carbons (Fsp3) is 0.250. The van der Waals surface area contributed by atoms with Crippen molar-refractivity contribution in [1.82, 2.24) is 0 Å². The van der Waals surface area contributed by atoms with Crippen LogP contribution in [0.4, 0.5) is 0 Å². The van der Waals surface area contributed by atoms with Gasteiger partial charge in [0.1, 0.15) is 0 Å². The van der Waals surface area contributed by atoms with Gasteiger partial charge in [0.25, 0.3) is 0 Å². The van der Waals surface area contributed by atoms with Crippen LogP contribution in [0.1, 0.15) is 11.6 Å².